The van der Waals surface area contributed by atoms with Gasteiger partial charge in [-0.25, -0.2) is 9.78 Å². The number of benzene rings is 1. The first kappa shape index (κ1) is 14.2. The number of nitrogens with one attached hydrogen (secondary N) is 1. The van der Waals surface area contributed by atoms with Crippen LogP contribution in [0.4, 0.5) is 17.2 Å². The topological polar surface area (TPSA) is 77.2 Å². The van der Waals surface area contributed by atoms with Crippen LogP contribution in [0.1, 0.15) is 10.4 Å². The predicted octanol–water partition coefficient (Wildman–Crippen LogP) is 2.92. The summed E-state index contributed by atoms with van der Waals surface area (Å²) in [5, 5.41) is 3.15. The quantitative estimate of drug-likeness (QED) is 0.665. The Balaban J connectivity index is 2.40. The summed E-state index contributed by atoms with van der Waals surface area (Å²) in [6.45, 7) is 0. The number of carbonyl (C=O) groups excluding carboxylic acids is 1. The average Bonchev–Trinajstić information content (AvgIpc) is 2.48. The predicted molar refractivity (Wildman–Crippen MR) is 81.5 cm³/mol. The molecule has 0 amide bonds. The van der Waals surface area contributed by atoms with E-state index in [2.05, 4.69) is 10.3 Å². The van der Waals surface area contributed by atoms with Crippen LogP contribution in [-0.4, -0.2) is 24.3 Å². The summed E-state index contributed by atoms with van der Waals surface area (Å²) in [6, 6.07) is 9.32. The van der Waals surface area contributed by atoms with E-state index in [9.17, 15) is 4.79 Å². The Labute approximate surface area is 121 Å². The highest BCUT2D eigenvalue weighted by Gasteiger charge is 2.14. The highest BCUT2D eigenvalue weighted by atomic mass is 32.2. The number of nitrogens with two attached hydrogens (primary N) is 1. The molecule has 1 aromatic heterocycles. The molecular formula is C14H15N3O2S. The second kappa shape index (κ2) is 6.29. The smallest absolute Gasteiger partial charge is 0.341 e. The maximum absolute atomic E-state index is 11.8. The van der Waals surface area contributed by atoms with Crippen LogP contribution in [0, 0.1) is 0 Å². The Kier molecular flexibility index (Phi) is 4.47. The minimum Gasteiger partial charge on any atom is -0.465 e. The molecule has 0 spiro atoms. The van der Waals surface area contributed by atoms with Crippen molar-refractivity contribution in [3.05, 3.63) is 42.1 Å². The van der Waals surface area contributed by atoms with Crippen molar-refractivity contribution in [1.29, 1.82) is 0 Å². The van der Waals surface area contributed by atoms with E-state index in [-0.39, 0.29) is 0 Å². The number of carbonyl (C=O) groups is 1. The van der Waals surface area contributed by atoms with Gasteiger partial charge in [0.2, 0.25) is 0 Å². The van der Waals surface area contributed by atoms with Gasteiger partial charge in [-0.1, -0.05) is 12.1 Å². The Morgan fingerprint density at radius 1 is 1.40 bits per heavy atom. The van der Waals surface area contributed by atoms with Gasteiger partial charge in [0.25, 0.3) is 0 Å². The number of nitrogen functional groups attached to an aromatic ring is 1. The van der Waals surface area contributed by atoms with Crippen LogP contribution in [0.15, 0.2) is 41.4 Å². The van der Waals surface area contributed by atoms with E-state index < -0.39 is 5.97 Å². The van der Waals surface area contributed by atoms with Gasteiger partial charge in [0, 0.05) is 4.90 Å². The summed E-state index contributed by atoms with van der Waals surface area (Å²) in [6.07, 6.45) is 3.48. The molecule has 0 atom stereocenters. The van der Waals surface area contributed by atoms with Gasteiger partial charge in [-0.2, -0.15) is 0 Å². The fourth-order valence-electron chi connectivity index (χ4n) is 1.72. The van der Waals surface area contributed by atoms with Crippen molar-refractivity contribution in [2.75, 3.05) is 24.4 Å². The zero-order valence-electron chi connectivity index (χ0n) is 11.2. The van der Waals surface area contributed by atoms with E-state index >= 15 is 0 Å². The molecule has 0 saturated heterocycles. The van der Waals surface area contributed by atoms with E-state index in [4.69, 9.17) is 10.5 Å². The number of aromatic nitrogens is 1. The number of thioether (sulfide) groups is 1. The van der Waals surface area contributed by atoms with Crippen molar-refractivity contribution in [3.8, 4) is 0 Å². The molecule has 0 fully saturated rings. The number of hydrogen-bond donors (Lipinski definition) is 2. The van der Waals surface area contributed by atoms with Crippen LogP contribution < -0.4 is 11.1 Å². The Bertz CT molecular complexity index is 632. The molecule has 0 radical (unpaired) electrons. The van der Waals surface area contributed by atoms with Gasteiger partial charge in [0.15, 0.2) is 0 Å². The van der Waals surface area contributed by atoms with Crippen molar-refractivity contribution in [3.63, 3.8) is 0 Å². The lowest BCUT2D eigenvalue weighted by Crippen LogP contribution is -2.08. The molecule has 104 valence electrons. The van der Waals surface area contributed by atoms with Gasteiger partial charge in [0.05, 0.1) is 24.7 Å². The number of hydrogen-bond acceptors (Lipinski definition) is 6. The molecule has 0 bridgehead atoms. The van der Waals surface area contributed by atoms with E-state index in [0.717, 1.165) is 10.6 Å². The van der Waals surface area contributed by atoms with Crippen molar-refractivity contribution in [1.82, 2.24) is 4.98 Å². The van der Waals surface area contributed by atoms with Gasteiger partial charge in [-0.15, -0.1) is 11.8 Å². The molecule has 2 aromatic rings. The number of esters is 1. The van der Waals surface area contributed by atoms with Crippen molar-refractivity contribution in [2.24, 2.45) is 0 Å². The van der Waals surface area contributed by atoms with Gasteiger partial charge in [0.1, 0.15) is 11.4 Å². The maximum atomic E-state index is 11.8. The number of rotatable bonds is 4. The lowest BCUT2D eigenvalue weighted by molar-refractivity contribution is 0.0601. The van der Waals surface area contributed by atoms with Crippen LogP contribution in [0.25, 0.3) is 0 Å². The zero-order valence-corrected chi connectivity index (χ0v) is 12.0. The lowest BCUT2D eigenvalue weighted by Gasteiger charge is -2.12. The summed E-state index contributed by atoms with van der Waals surface area (Å²) in [5.41, 5.74) is 7.26. The first-order valence-corrected chi connectivity index (χ1v) is 7.12. The Morgan fingerprint density at radius 2 is 2.15 bits per heavy atom. The fraction of sp³-hybridized carbons (Fsp3) is 0.143. The molecular weight excluding hydrogens is 274 g/mol. The summed E-state index contributed by atoms with van der Waals surface area (Å²) in [7, 11) is 1.32. The molecule has 1 aromatic carbocycles. The van der Waals surface area contributed by atoms with E-state index in [1.165, 1.54) is 13.3 Å². The van der Waals surface area contributed by atoms with Crippen LogP contribution >= 0.6 is 11.8 Å². The summed E-state index contributed by atoms with van der Waals surface area (Å²) in [5.74, 6) is -0.0542. The second-order valence-electron chi connectivity index (χ2n) is 3.98. The van der Waals surface area contributed by atoms with Crippen LogP contribution in [0.3, 0.4) is 0 Å². The summed E-state index contributed by atoms with van der Waals surface area (Å²) >= 11 is 1.61. The second-order valence-corrected chi connectivity index (χ2v) is 4.83. The highest BCUT2D eigenvalue weighted by molar-refractivity contribution is 7.98. The van der Waals surface area contributed by atoms with Gasteiger partial charge < -0.3 is 15.8 Å². The van der Waals surface area contributed by atoms with Crippen LogP contribution in [0.5, 0.6) is 0 Å². The molecule has 1 heterocycles. The van der Waals surface area contributed by atoms with Gasteiger partial charge in [-0.3, -0.25) is 0 Å². The zero-order chi connectivity index (χ0) is 14.5. The summed E-state index contributed by atoms with van der Waals surface area (Å²) < 4.78 is 4.75. The molecule has 3 N–H and O–H groups in total. The number of ether oxygens (including phenoxy) is 1. The Morgan fingerprint density at radius 3 is 2.85 bits per heavy atom. The van der Waals surface area contributed by atoms with Crippen molar-refractivity contribution in [2.45, 2.75) is 4.90 Å². The molecule has 5 nitrogen and oxygen atoms in total. The van der Waals surface area contributed by atoms with Crippen molar-refractivity contribution >= 4 is 34.9 Å². The highest BCUT2D eigenvalue weighted by Crippen LogP contribution is 2.28. The average molecular weight is 289 g/mol. The molecule has 6 heteroatoms. The molecule has 0 aliphatic rings. The SMILES string of the molecule is COC(=O)c1cc(N)cnc1Nc1ccccc1SC. The first-order chi connectivity index (χ1) is 9.65. The minimum atomic E-state index is -0.478. The number of pyridine rings is 1. The molecule has 0 unspecified atom stereocenters. The third kappa shape index (κ3) is 3.03. The number of methoxy groups -OCH3 is 1. The lowest BCUT2D eigenvalue weighted by atomic mass is 10.2. The van der Waals surface area contributed by atoms with Crippen molar-refractivity contribution < 1.29 is 9.53 Å². The summed E-state index contributed by atoms with van der Waals surface area (Å²) in [4.78, 5) is 17.0. The molecule has 0 saturated carbocycles. The van der Waals surface area contributed by atoms with E-state index in [1.807, 2.05) is 30.5 Å². The van der Waals surface area contributed by atoms with E-state index in [1.54, 1.807) is 17.8 Å². The third-order valence-corrected chi connectivity index (χ3v) is 3.47. The molecule has 2 rings (SSSR count). The van der Waals surface area contributed by atoms with Gasteiger partial charge in [-0.05, 0) is 24.5 Å². The monoisotopic (exact) mass is 289 g/mol. The standard InChI is InChI=1S/C14H15N3O2S/c1-19-14(18)10-7-9(15)8-16-13(10)17-11-5-3-4-6-12(11)20-2/h3-8H,15H2,1-2H3,(H,16,17). The molecule has 20 heavy (non-hydrogen) atoms. The minimum absolute atomic E-state index is 0.309. The fourth-order valence-corrected chi connectivity index (χ4v) is 2.28. The number of anilines is 3. The normalized spacial score (nSPS) is 10.1. The number of nitrogens with zero attached hydrogens (tertiary/aromatic N) is 1. The largest absolute Gasteiger partial charge is 0.465 e. The molecule has 0 aliphatic carbocycles. The first-order valence-electron chi connectivity index (χ1n) is 5.89. The van der Waals surface area contributed by atoms with Crippen LogP contribution in [0.2, 0.25) is 0 Å². The van der Waals surface area contributed by atoms with Crippen LogP contribution in [-0.2, 0) is 4.74 Å². The molecule has 0 aliphatic heterocycles. The third-order valence-electron chi connectivity index (χ3n) is 2.67. The van der Waals surface area contributed by atoms with Gasteiger partial charge >= 0.3 is 5.97 Å². The Hall–Kier alpha value is -2.21. The van der Waals surface area contributed by atoms with E-state index in [0.29, 0.717) is 17.1 Å². The maximum Gasteiger partial charge on any atom is 0.341 e. The number of para-hydroxylation sites is 1.